The first kappa shape index (κ1) is 20.6. The lowest BCUT2D eigenvalue weighted by Crippen LogP contribution is -2.60. The molecule has 1 aliphatic heterocycles. The standard InChI is InChI=1S/C17H17F7N4/c18-13-10-12(2-3-14(13)28-5-1-4-25-28)11-26-6-8-27(9-7-26)15(16(19,20)21)17(22,23)24/h1-5,10,15H,6-9,11H2. The van der Waals surface area contributed by atoms with Gasteiger partial charge in [-0.25, -0.2) is 9.07 Å². The molecule has 0 aliphatic carbocycles. The van der Waals surface area contributed by atoms with Gasteiger partial charge in [-0.15, -0.1) is 0 Å². The van der Waals surface area contributed by atoms with Crippen LogP contribution in [0.3, 0.4) is 0 Å². The maximum absolute atomic E-state index is 14.3. The van der Waals surface area contributed by atoms with Gasteiger partial charge in [0.05, 0.1) is 0 Å². The molecule has 4 nitrogen and oxygen atoms in total. The normalized spacial score (nSPS) is 17.4. The van der Waals surface area contributed by atoms with Gasteiger partial charge in [0, 0.05) is 45.1 Å². The lowest BCUT2D eigenvalue weighted by molar-refractivity contribution is -0.289. The first-order valence-electron chi connectivity index (χ1n) is 8.44. The van der Waals surface area contributed by atoms with Crippen LogP contribution in [0.25, 0.3) is 5.69 Å². The Morgan fingerprint density at radius 2 is 1.61 bits per heavy atom. The molecule has 3 rings (SSSR count). The molecule has 0 amide bonds. The predicted octanol–water partition coefficient (Wildman–Crippen LogP) is 3.62. The highest BCUT2D eigenvalue weighted by atomic mass is 19.4. The quantitative estimate of drug-likeness (QED) is 0.720. The summed E-state index contributed by atoms with van der Waals surface area (Å²) in [5.41, 5.74) is 0.821. The minimum atomic E-state index is -5.38. The second-order valence-electron chi connectivity index (χ2n) is 6.53. The molecule has 2 aromatic rings. The largest absolute Gasteiger partial charge is 0.412 e. The summed E-state index contributed by atoms with van der Waals surface area (Å²) < 4.78 is 92.5. The molecular weight excluding hydrogens is 393 g/mol. The van der Waals surface area contributed by atoms with Crippen LogP contribution < -0.4 is 0 Å². The van der Waals surface area contributed by atoms with Crippen molar-refractivity contribution in [3.8, 4) is 5.69 Å². The Morgan fingerprint density at radius 1 is 0.964 bits per heavy atom. The molecule has 0 spiro atoms. The van der Waals surface area contributed by atoms with Crippen LogP contribution in [0, 0.1) is 5.82 Å². The van der Waals surface area contributed by atoms with Gasteiger partial charge in [-0.05, 0) is 23.8 Å². The molecule has 0 unspecified atom stereocenters. The second-order valence-corrected chi connectivity index (χ2v) is 6.53. The minimum absolute atomic E-state index is 0.0190. The van der Waals surface area contributed by atoms with Gasteiger partial charge in [-0.2, -0.15) is 31.4 Å². The van der Waals surface area contributed by atoms with E-state index in [4.69, 9.17) is 0 Å². The first-order valence-corrected chi connectivity index (χ1v) is 8.44. The van der Waals surface area contributed by atoms with Crippen molar-refractivity contribution in [3.63, 3.8) is 0 Å². The predicted molar refractivity (Wildman–Crippen MR) is 86.3 cm³/mol. The molecular formula is C17H17F7N4. The van der Waals surface area contributed by atoms with Crippen molar-refractivity contribution in [1.29, 1.82) is 0 Å². The van der Waals surface area contributed by atoms with Crippen LogP contribution in [0.15, 0.2) is 36.7 Å². The van der Waals surface area contributed by atoms with E-state index in [9.17, 15) is 30.7 Å². The number of hydrogen-bond donors (Lipinski definition) is 0. The van der Waals surface area contributed by atoms with E-state index in [2.05, 4.69) is 5.10 Å². The van der Waals surface area contributed by atoms with Gasteiger partial charge >= 0.3 is 12.4 Å². The molecule has 28 heavy (non-hydrogen) atoms. The van der Waals surface area contributed by atoms with Crippen LogP contribution in [0.5, 0.6) is 0 Å². The van der Waals surface area contributed by atoms with Gasteiger partial charge < -0.3 is 0 Å². The molecule has 1 saturated heterocycles. The van der Waals surface area contributed by atoms with E-state index in [-0.39, 0.29) is 38.4 Å². The first-order chi connectivity index (χ1) is 13.1. The zero-order valence-corrected chi connectivity index (χ0v) is 14.5. The molecule has 1 fully saturated rings. The van der Waals surface area contributed by atoms with Crippen molar-refractivity contribution in [3.05, 3.63) is 48.0 Å². The monoisotopic (exact) mass is 410 g/mol. The average molecular weight is 410 g/mol. The van der Waals surface area contributed by atoms with Gasteiger partial charge in [0.2, 0.25) is 6.04 Å². The number of halogens is 7. The Morgan fingerprint density at radius 3 is 2.11 bits per heavy atom. The third kappa shape index (κ3) is 4.64. The number of hydrogen-bond acceptors (Lipinski definition) is 3. The lowest BCUT2D eigenvalue weighted by atomic mass is 10.1. The van der Waals surface area contributed by atoms with Gasteiger partial charge in [-0.1, -0.05) is 6.07 Å². The number of alkyl halides is 6. The van der Waals surface area contributed by atoms with Crippen molar-refractivity contribution >= 4 is 0 Å². The zero-order valence-electron chi connectivity index (χ0n) is 14.5. The summed E-state index contributed by atoms with van der Waals surface area (Å²) in [4.78, 5) is 2.10. The summed E-state index contributed by atoms with van der Waals surface area (Å²) in [6.07, 6.45) is -7.69. The second kappa shape index (κ2) is 7.70. The topological polar surface area (TPSA) is 24.3 Å². The van der Waals surface area contributed by atoms with Crippen LogP contribution in [0.1, 0.15) is 5.56 Å². The highest BCUT2D eigenvalue weighted by molar-refractivity contribution is 5.35. The molecule has 11 heteroatoms. The van der Waals surface area contributed by atoms with Crippen molar-refractivity contribution < 1.29 is 30.7 Å². The molecule has 0 bridgehead atoms. The van der Waals surface area contributed by atoms with Gasteiger partial charge in [0.15, 0.2) is 0 Å². The molecule has 1 aromatic carbocycles. The van der Waals surface area contributed by atoms with E-state index >= 15 is 0 Å². The van der Waals surface area contributed by atoms with E-state index in [0.717, 1.165) is 0 Å². The number of nitrogens with zero attached hydrogens (tertiary/aromatic N) is 4. The lowest BCUT2D eigenvalue weighted by Gasteiger charge is -2.40. The summed E-state index contributed by atoms with van der Waals surface area (Å²) in [6.45, 7) is -0.488. The number of aromatic nitrogens is 2. The van der Waals surface area contributed by atoms with E-state index in [0.29, 0.717) is 10.5 Å². The van der Waals surface area contributed by atoms with Crippen molar-refractivity contribution in [2.45, 2.75) is 24.9 Å². The Bertz CT molecular complexity index is 764. The molecule has 2 heterocycles. The molecule has 0 saturated carbocycles. The van der Waals surface area contributed by atoms with E-state index in [1.165, 1.54) is 23.0 Å². The SMILES string of the molecule is Fc1cc(CN2CCN(C(C(F)(F)F)C(F)(F)F)CC2)ccc1-n1cccn1. The summed E-state index contributed by atoms with van der Waals surface area (Å²) in [7, 11) is 0. The van der Waals surface area contributed by atoms with Crippen molar-refractivity contribution in [1.82, 2.24) is 19.6 Å². The fraction of sp³-hybridized carbons (Fsp3) is 0.471. The van der Waals surface area contributed by atoms with Crippen LogP contribution in [0.2, 0.25) is 0 Å². The molecule has 0 N–H and O–H groups in total. The maximum Gasteiger partial charge on any atom is 0.412 e. The molecule has 0 radical (unpaired) electrons. The number of benzene rings is 1. The maximum atomic E-state index is 14.3. The smallest absolute Gasteiger partial charge is 0.297 e. The Hall–Kier alpha value is -2.14. The number of rotatable bonds is 4. The van der Waals surface area contributed by atoms with E-state index < -0.39 is 24.2 Å². The number of piperazine rings is 1. The van der Waals surface area contributed by atoms with Gasteiger partial charge in [0.25, 0.3) is 0 Å². The van der Waals surface area contributed by atoms with Crippen LogP contribution >= 0.6 is 0 Å². The fourth-order valence-corrected chi connectivity index (χ4v) is 3.28. The van der Waals surface area contributed by atoms with Crippen LogP contribution in [-0.4, -0.2) is 64.2 Å². The third-order valence-corrected chi connectivity index (χ3v) is 4.56. The summed E-state index contributed by atoms with van der Waals surface area (Å²) in [6, 6.07) is 2.64. The zero-order chi connectivity index (χ0) is 20.5. The summed E-state index contributed by atoms with van der Waals surface area (Å²) >= 11 is 0. The van der Waals surface area contributed by atoms with Gasteiger partial charge in [0.1, 0.15) is 11.5 Å². The minimum Gasteiger partial charge on any atom is -0.297 e. The molecule has 0 atom stereocenters. The Kier molecular flexibility index (Phi) is 5.67. The van der Waals surface area contributed by atoms with Gasteiger partial charge in [-0.3, -0.25) is 9.80 Å². The van der Waals surface area contributed by atoms with Crippen LogP contribution in [-0.2, 0) is 6.54 Å². The van der Waals surface area contributed by atoms with Crippen LogP contribution in [0.4, 0.5) is 30.7 Å². The average Bonchev–Trinajstić information content (AvgIpc) is 3.08. The highest BCUT2D eigenvalue weighted by Crippen LogP contribution is 2.37. The summed E-state index contributed by atoms with van der Waals surface area (Å²) in [5.74, 6) is -0.519. The van der Waals surface area contributed by atoms with Crippen molar-refractivity contribution in [2.75, 3.05) is 26.2 Å². The van der Waals surface area contributed by atoms with E-state index in [1.807, 2.05) is 0 Å². The fourth-order valence-electron chi connectivity index (χ4n) is 3.28. The summed E-state index contributed by atoms with van der Waals surface area (Å²) in [5, 5.41) is 3.93. The Labute approximate surface area is 156 Å². The Balaban J connectivity index is 1.62. The molecule has 154 valence electrons. The highest BCUT2D eigenvalue weighted by Gasteiger charge is 2.59. The van der Waals surface area contributed by atoms with Crippen molar-refractivity contribution in [2.24, 2.45) is 0 Å². The molecule has 1 aliphatic rings. The third-order valence-electron chi connectivity index (χ3n) is 4.56. The van der Waals surface area contributed by atoms with E-state index in [1.54, 1.807) is 23.2 Å². The molecule has 1 aromatic heterocycles.